The summed E-state index contributed by atoms with van der Waals surface area (Å²) in [5.74, 6) is 3.38. The number of hydrogen-bond acceptors (Lipinski definition) is 5. The van der Waals surface area contributed by atoms with Crippen molar-refractivity contribution in [2.75, 3.05) is 54.6 Å². The van der Waals surface area contributed by atoms with Crippen molar-refractivity contribution < 1.29 is 14.2 Å². The Labute approximate surface area is 156 Å². The Hall–Kier alpha value is -2.15. The lowest BCUT2D eigenvalue weighted by atomic mass is 10.1. The third-order valence-corrected chi connectivity index (χ3v) is 4.54. The summed E-state index contributed by atoms with van der Waals surface area (Å²) in [4.78, 5) is 7.07. The van der Waals surface area contributed by atoms with E-state index in [0.717, 1.165) is 31.2 Å². The van der Waals surface area contributed by atoms with Crippen LogP contribution in [0.4, 0.5) is 0 Å². The molecular weight excluding hydrogens is 332 g/mol. The molecule has 1 aromatic rings. The normalized spacial score (nSPS) is 17.9. The lowest BCUT2D eigenvalue weighted by molar-refractivity contribution is 0.324. The van der Waals surface area contributed by atoms with Gasteiger partial charge in [-0.1, -0.05) is 0 Å². The summed E-state index contributed by atoms with van der Waals surface area (Å²) in [6, 6.07) is 3.86. The molecule has 0 aliphatic carbocycles. The topological polar surface area (TPSA) is 67.4 Å². The van der Waals surface area contributed by atoms with Gasteiger partial charge in [0.15, 0.2) is 17.5 Å². The van der Waals surface area contributed by atoms with Crippen LogP contribution < -0.4 is 24.8 Å². The number of rotatable bonds is 8. The van der Waals surface area contributed by atoms with Crippen molar-refractivity contribution in [2.24, 2.45) is 10.9 Å². The summed E-state index contributed by atoms with van der Waals surface area (Å²) in [7, 11) is 7.01. The first-order valence-electron chi connectivity index (χ1n) is 9.10. The van der Waals surface area contributed by atoms with Crippen molar-refractivity contribution >= 4 is 5.96 Å². The number of guanidine groups is 1. The largest absolute Gasteiger partial charge is 0.493 e. The first kappa shape index (κ1) is 20.2. The van der Waals surface area contributed by atoms with Crippen molar-refractivity contribution in [3.05, 3.63) is 17.7 Å². The lowest BCUT2D eigenvalue weighted by Crippen LogP contribution is -2.40. The van der Waals surface area contributed by atoms with Gasteiger partial charge in [-0.05, 0) is 50.6 Å². The molecule has 0 aromatic heterocycles. The second kappa shape index (κ2) is 10.1. The maximum Gasteiger partial charge on any atom is 0.203 e. The minimum atomic E-state index is 0.524. The molecule has 1 atom stereocenters. The molecule has 0 saturated carbocycles. The summed E-state index contributed by atoms with van der Waals surface area (Å²) in [5, 5.41) is 6.76. The zero-order chi connectivity index (χ0) is 18.9. The van der Waals surface area contributed by atoms with Crippen LogP contribution in [0.25, 0.3) is 0 Å². The highest BCUT2D eigenvalue weighted by Crippen LogP contribution is 2.38. The quantitative estimate of drug-likeness (QED) is 0.541. The van der Waals surface area contributed by atoms with Gasteiger partial charge in [0, 0.05) is 19.6 Å². The van der Waals surface area contributed by atoms with Crippen LogP contribution in [0.2, 0.25) is 0 Å². The van der Waals surface area contributed by atoms with E-state index in [1.807, 2.05) is 12.1 Å². The Kier molecular flexibility index (Phi) is 7.84. The van der Waals surface area contributed by atoms with E-state index in [0.29, 0.717) is 29.7 Å². The molecule has 1 heterocycles. The summed E-state index contributed by atoms with van der Waals surface area (Å²) < 4.78 is 16.2. The highest BCUT2D eigenvalue weighted by molar-refractivity contribution is 5.79. The van der Waals surface area contributed by atoms with E-state index in [4.69, 9.17) is 19.2 Å². The molecule has 1 aromatic carbocycles. The molecule has 26 heavy (non-hydrogen) atoms. The van der Waals surface area contributed by atoms with E-state index in [-0.39, 0.29) is 0 Å². The van der Waals surface area contributed by atoms with Crippen molar-refractivity contribution in [3.8, 4) is 17.2 Å². The minimum absolute atomic E-state index is 0.524. The third kappa shape index (κ3) is 5.42. The molecule has 1 fully saturated rings. The molecule has 0 amide bonds. The fraction of sp³-hybridized carbons (Fsp3) is 0.632. The summed E-state index contributed by atoms with van der Waals surface area (Å²) in [6.07, 6.45) is 1.23. The number of benzene rings is 1. The maximum absolute atomic E-state index is 5.41. The molecule has 0 bridgehead atoms. The van der Waals surface area contributed by atoms with Gasteiger partial charge in [-0.25, -0.2) is 4.99 Å². The van der Waals surface area contributed by atoms with Crippen LogP contribution in [0.5, 0.6) is 17.2 Å². The van der Waals surface area contributed by atoms with Crippen LogP contribution in [0.15, 0.2) is 17.1 Å². The van der Waals surface area contributed by atoms with Crippen LogP contribution in [0.1, 0.15) is 18.9 Å². The number of methoxy groups -OCH3 is 3. The monoisotopic (exact) mass is 364 g/mol. The van der Waals surface area contributed by atoms with E-state index in [9.17, 15) is 0 Å². The third-order valence-electron chi connectivity index (χ3n) is 4.54. The van der Waals surface area contributed by atoms with Gasteiger partial charge < -0.3 is 29.7 Å². The Morgan fingerprint density at radius 1 is 1.15 bits per heavy atom. The minimum Gasteiger partial charge on any atom is -0.493 e. The van der Waals surface area contributed by atoms with Gasteiger partial charge in [-0.15, -0.1) is 0 Å². The predicted molar refractivity (Wildman–Crippen MR) is 105 cm³/mol. The van der Waals surface area contributed by atoms with E-state index < -0.39 is 0 Å². The van der Waals surface area contributed by atoms with E-state index >= 15 is 0 Å². The summed E-state index contributed by atoms with van der Waals surface area (Å²) in [5.41, 5.74) is 0.998. The average molecular weight is 364 g/mol. The first-order chi connectivity index (χ1) is 12.6. The Balaban J connectivity index is 2.05. The molecule has 1 saturated heterocycles. The zero-order valence-electron chi connectivity index (χ0n) is 16.6. The fourth-order valence-electron chi connectivity index (χ4n) is 3.17. The number of likely N-dealkylation sites (tertiary alicyclic amines) is 1. The molecule has 0 radical (unpaired) electrons. The van der Waals surface area contributed by atoms with Gasteiger partial charge in [0.1, 0.15) is 0 Å². The van der Waals surface area contributed by atoms with Gasteiger partial charge in [0.25, 0.3) is 0 Å². The van der Waals surface area contributed by atoms with Crippen LogP contribution in [-0.2, 0) is 6.54 Å². The summed E-state index contributed by atoms with van der Waals surface area (Å²) >= 11 is 0. The predicted octanol–water partition coefficient (Wildman–Crippen LogP) is 1.72. The lowest BCUT2D eigenvalue weighted by Gasteiger charge is -2.16. The van der Waals surface area contributed by atoms with E-state index in [2.05, 4.69) is 29.5 Å². The second-order valence-corrected chi connectivity index (χ2v) is 6.53. The van der Waals surface area contributed by atoms with Gasteiger partial charge >= 0.3 is 0 Å². The smallest absolute Gasteiger partial charge is 0.203 e. The maximum atomic E-state index is 5.41. The molecule has 1 aliphatic rings. The van der Waals surface area contributed by atoms with Gasteiger partial charge in [-0.3, -0.25) is 0 Å². The van der Waals surface area contributed by atoms with Crippen LogP contribution in [0.3, 0.4) is 0 Å². The SMILES string of the molecule is CCNC(=NCc1cc(OC)c(OC)c(OC)c1)NCC1CCN(C)C1. The van der Waals surface area contributed by atoms with Gasteiger partial charge in [0.2, 0.25) is 5.75 Å². The molecule has 1 aliphatic heterocycles. The first-order valence-corrected chi connectivity index (χ1v) is 9.10. The van der Waals surface area contributed by atoms with Gasteiger partial charge in [0.05, 0.1) is 27.9 Å². The van der Waals surface area contributed by atoms with Gasteiger partial charge in [-0.2, -0.15) is 0 Å². The number of aliphatic imine (C=N–C) groups is 1. The van der Waals surface area contributed by atoms with Crippen LogP contribution in [0, 0.1) is 5.92 Å². The summed E-state index contributed by atoms with van der Waals surface area (Å²) in [6.45, 7) is 6.67. The molecule has 2 rings (SSSR count). The molecular formula is C19H32N4O3. The molecule has 0 spiro atoms. The standard InChI is InChI=1S/C19H32N4O3/c1-6-20-19(21-11-14-7-8-23(2)13-14)22-12-15-9-16(24-3)18(26-5)17(10-15)25-4/h9-10,14H,6-8,11-13H2,1-5H3,(H2,20,21,22). The van der Waals surface area contributed by atoms with Crippen molar-refractivity contribution in [3.63, 3.8) is 0 Å². The second-order valence-electron chi connectivity index (χ2n) is 6.53. The molecule has 2 N–H and O–H groups in total. The molecule has 146 valence electrons. The average Bonchev–Trinajstić information content (AvgIpc) is 3.08. The Morgan fingerprint density at radius 3 is 2.35 bits per heavy atom. The number of hydrogen-bond donors (Lipinski definition) is 2. The van der Waals surface area contributed by atoms with Crippen molar-refractivity contribution in [2.45, 2.75) is 19.9 Å². The molecule has 7 nitrogen and oxygen atoms in total. The molecule has 1 unspecified atom stereocenters. The van der Waals surface area contributed by atoms with E-state index in [1.54, 1.807) is 21.3 Å². The number of nitrogens with one attached hydrogen (secondary N) is 2. The molecule has 7 heteroatoms. The van der Waals surface area contributed by atoms with E-state index in [1.165, 1.54) is 13.0 Å². The van der Waals surface area contributed by atoms with Crippen LogP contribution >= 0.6 is 0 Å². The van der Waals surface area contributed by atoms with Crippen LogP contribution in [-0.4, -0.2) is 65.4 Å². The highest BCUT2D eigenvalue weighted by Gasteiger charge is 2.19. The van der Waals surface area contributed by atoms with Crippen molar-refractivity contribution in [1.29, 1.82) is 0 Å². The zero-order valence-corrected chi connectivity index (χ0v) is 16.6. The fourth-order valence-corrected chi connectivity index (χ4v) is 3.17. The number of ether oxygens (including phenoxy) is 3. The Morgan fingerprint density at radius 2 is 1.85 bits per heavy atom. The van der Waals surface area contributed by atoms with Crippen molar-refractivity contribution in [1.82, 2.24) is 15.5 Å². The Bertz CT molecular complexity index is 581. The highest BCUT2D eigenvalue weighted by atomic mass is 16.5. The number of nitrogens with zero attached hydrogens (tertiary/aromatic N) is 2.